The molecular weight excluding hydrogens is 240 g/mol. The van der Waals surface area contributed by atoms with Crippen molar-refractivity contribution in [2.45, 2.75) is 20.8 Å². The Morgan fingerprint density at radius 1 is 0.944 bits per heavy atom. The number of carbonyl (C=O) groups excluding carboxylic acids is 4. The van der Waals surface area contributed by atoms with Crippen molar-refractivity contribution >= 4 is 23.5 Å². The summed E-state index contributed by atoms with van der Waals surface area (Å²) in [5.41, 5.74) is 0.228. The van der Waals surface area contributed by atoms with Crippen LogP contribution in [-0.2, 0) is 28.7 Å². The molecule has 18 heavy (non-hydrogen) atoms. The van der Waals surface area contributed by atoms with E-state index in [4.69, 9.17) is 0 Å². The second-order valence-electron chi connectivity index (χ2n) is 3.74. The number of esters is 2. The van der Waals surface area contributed by atoms with Crippen molar-refractivity contribution in [1.29, 1.82) is 0 Å². The van der Waals surface area contributed by atoms with Crippen molar-refractivity contribution in [3.05, 3.63) is 12.2 Å². The zero-order chi connectivity index (χ0) is 14.3. The molecule has 0 amide bonds. The first-order valence-electron chi connectivity index (χ1n) is 5.27. The topological polar surface area (TPSA) is 86.7 Å². The smallest absolute Gasteiger partial charge is 0.333 e. The third-order valence-corrected chi connectivity index (χ3v) is 1.96. The van der Waals surface area contributed by atoms with Crippen LogP contribution < -0.4 is 0 Å². The van der Waals surface area contributed by atoms with Crippen LogP contribution in [0.5, 0.6) is 0 Å². The van der Waals surface area contributed by atoms with E-state index in [0.717, 1.165) is 13.8 Å². The van der Waals surface area contributed by atoms with Gasteiger partial charge in [-0.15, -0.1) is 0 Å². The van der Waals surface area contributed by atoms with Crippen LogP contribution in [0.15, 0.2) is 12.2 Å². The lowest BCUT2D eigenvalue weighted by Gasteiger charge is -2.10. The SMILES string of the molecule is C=C(C)C(=O)OCCOC(=O)C(C(C)=O)C(C)=O. The number of hydrogen-bond donors (Lipinski definition) is 0. The van der Waals surface area contributed by atoms with Gasteiger partial charge in [0.15, 0.2) is 17.5 Å². The summed E-state index contributed by atoms with van der Waals surface area (Å²) in [6.07, 6.45) is 0. The number of Topliss-reactive ketones (excluding diaryl/α,β-unsaturated/α-hetero) is 2. The Bertz CT molecular complexity index is 368. The first-order valence-corrected chi connectivity index (χ1v) is 5.27. The number of carbonyl (C=O) groups is 4. The summed E-state index contributed by atoms with van der Waals surface area (Å²) in [4.78, 5) is 44.4. The minimum absolute atomic E-state index is 0.153. The molecule has 0 saturated carbocycles. The van der Waals surface area contributed by atoms with Gasteiger partial charge in [-0.25, -0.2) is 4.79 Å². The van der Waals surface area contributed by atoms with E-state index in [-0.39, 0.29) is 18.8 Å². The molecule has 100 valence electrons. The van der Waals surface area contributed by atoms with E-state index in [9.17, 15) is 19.2 Å². The minimum Gasteiger partial charge on any atom is -0.461 e. The quantitative estimate of drug-likeness (QED) is 0.284. The number of ether oxygens (including phenoxy) is 2. The second kappa shape index (κ2) is 7.37. The van der Waals surface area contributed by atoms with E-state index in [2.05, 4.69) is 16.1 Å². The highest BCUT2D eigenvalue weighted by molar-refractivity contribution is 6.15. The molecule has 0 aliphatic rings. The highest BCUT2D eigenvalue weighted by Gasteiger charge is 2.29. The lowest BCUT2D eigenvalue weighted by Crippen LogP contribution is -2.31. The fraction of sp³-hybridized carbons (Fsp3) is 0.500. The molecule has 0 N–H and O–H groups in total. The van der Waals surface area contributed by atoms with Crippen molar-refractivity contribution in [2.24, 2.45) is 5.92 Å². The van der Waals surface area contributed by atoms with Gasteiger partial charge in [-0.2, -0.15) is 0 Å². The molecular formula is C12H16O6. The Morgan fingerprint density at radius 3 is 1.78 bits per heavy atom. The Morgan fingerprint density at radius 2 is 1.39 bits per heavy atom. The molecule has 6 nitrogen and oxygen atoms in total. The zero-order valence-electron chi connectivity index (χ0n) is 10.6. The molecule has 0 radical (unpaired) electrons. The average Bonchev–Trinajstić information content (AvgIpc) is 2.22. The molecule has 0 saturated heterocycles. The molecule has 0 bridgehead atoms. The van der Waals surface area contributed by atoms with Crippen LogP contribution in [0.2, 0.25) is 0 Å². The third kappa shape index (κ3) is 5.38. The van der Waals surface area contributed by atoms with Gasteiger partial charge in [0.2, 0.25) is 0 Å². The fourth-order valence-electron chi connectivity index (χ4n) is 1.10. The molecule has 0 aliphatic heterocycles. The van der Waals surface area contributed by atoms with E-state index in [1.54, 1.807) is 0 Å². The number of rotatable bonds is 7. The third-order valence-electron chi connectivity index (χ3n) is 1.96. The van der Waals surface area contributed by atoms with E-state index < -0.39 is 29.4 Å². The summed E-state index contributed by atoms with van der Waals surface area (Å²) in [6, 6.07) is 0. The van der Waals surface area contributed by atoms with Crippen molar-refractivity contribution in [3.63, 3.8) is 0 Å². The van der Waals surface area contributed by atoms with E-state index >= 15 is 0 Å². The van der Waals surface area contributed by atoms with Crippen LogP contribution in [0.1, 0.15) is 20.8 Å². The molecule has 0 aromatic heterocycles. The molecule has 0 unspecified atom stereocenters. The fourth-order valence-corrected chi connectivity index (χ4v) is 1.10. The molecule has 0 atom stereocenters. The summed E-state index contributed by atoms with van der Waals surface area (Å²) in [5.74, 6) is -4.08. The molecule has 0 rings (SSSR count). The van der Waals surface area contributed by atoms with Gasteiger partial charge < -0.3 is 9.47 Å². The standard InChI is InChI=1S/C12H16O6/c1-7(2)11(15)17-5-6-18-12(16)10(8(3)13)9(4)14/h10H,1,5-6H2,2-4H3. The molecule has 6 heteroatoms. The molecule has 0 aliphatic carbocycles. The largest absolute Gasteiger partial charge is 0.461 e. The molecule has 0 aromatic rings. The van der Waals surface area contributed by atoms with Gasteiger partial charge in [-0.05, 0) is 20.8 Å². The summed E-state index contributed by atoms with van der Waals surface area (Å²) < 4.78 is 9.34. The number of ketones is 2. The zero-order valence-corrected chi connectivity index (χ0v) is 10.6. The molecule has 0 spiro atoms. The van der Waals surface area contributed by atoms with Crippen LogP contribution in [0.4, 0.5) is 0 Å². The van der Waals surface area contributed by atoms with E-state index in [1.165, 1.54) is 6.92 Å². The highest BCUT2D eigenvalue weighted by atomic mass is 16.6. The second-order valence-corrected chi connectivity index (χ2v) is 3.74. The van der Waals surface area contributed by atoms with Crippen molar-refractivity contribution in [2.75, 3.05) is 13.2 Å². The number of hydrogen-bond acceptors (Lipinski definition) is 6. The molecule has 0 fully saturated rings. The van der Waals surface area contributed by atoms with Gasteiger partial charge in [0.05, 0.1) is 0 Å². The minimum atomic E-state index is -1.40. The predicted molar refractivity (Wildman–Crippen MR) is 61.6 cm³/mol. The summed E-state index contributed by atoms with van der Waals surface area (Å²) in [6.45, 7) is 6.75. The first kappa shape index (κ1) is 16.0. The Hall–Kier alpha value is -1.98. The molecule has 0 aromatic carbocycles. The predicted octanol–water partition coefficient (Wildman–Crippen LogP) is 0.443. The average molecular weight is 256 g/mol. The summed E-state index contributed by atoms with van der Waals surface area (Å²) in [5, 5.41) is 0. The first-order chi connectivity index (χ1) is 8.27. The van der Waals surface area contributed by atoms with E-state index in [0.29, 0.717) is 0 Å². The van der Waals surface area contributed by atoms with Crippen LogP contribution in [0.3, 0.4) is 0 Å². The van der Waals surface area contributed by atoms with Gasteiger partial charge in [-0.3, -0.25) is 14.4 Å². The Kier molecular flexibility index (Phi) is 6.56. The monoisotopic (exact) mass is 256 g/mol. The van der Waals surface area contributed by atoms with Crippen LogP contribution in [0.25, 0.3) is 0 Å². The maximum Gasteiger partial charge on any atom is 0.333 e. The lowest BCUT2D eigenvalue weighted by atomic mass is 10.0. The van der Waals surface area contributed by atoms with Gasteiger partial charge in [0.1, 0.15) is 13.2 Å². The molecule has 0 heterocycles. The van der Waals surface area contributed by atoms with E-state index in [1.807, 2.05) is 0 Å². The Balaban J connectivity index is 4.11. The highest BCUT2D eigenvalue weighted by Crippen LogP contribution is 2.03. The lowest BCUT2D eigenvalue weighted by molar-refractivity contribution is -0.157. The van der Waals surface area contributed by atoms with Gasteiger partial charge in [0, 0.05) is 5.57 Å². The summed E-state index contributed by atoms with van der Waals surface area (Å²) in [7, 11) is 0. The Labute approximate surface area is 105 Å². The van der Waals surface area contributed by atoms with Crippen LogP contribution in [-0.4, -0.2) is 36.7 Å². The van der Waals surface area contributed by atoms with Gasteiger partial charge in [0.25, 0.3) is 0 Å². The van der Waals surface area contributed by atoms with Gasteiger partial charge >= 0.3 is 11.9 Å². The maximum atomic E-state index is 11.4. The van der Waals surface area contributed by atoms with Gasteiger partial charge in [-0.1, -0.05) is 6.58 Å². The van der Waals surface area contributed by atoms with Crippen LogP contribution >= 0.6 is 0 Å². The van der Waals surface area contributed by atoms with Crippen LogP contribution in [0, 0.1) is 5.92 Å². The van der Waals surface area contributed by atoms with Crippen molar-refractivity contribution < 1.29 is 28.7 Å². The summed E-state index contributed by atoms with van der Waals surface area (Å²) >= 11 is 0. The maximum absolute atomic E-state index is 11.4. The van der Waals surface area contributed by atoms with Crippen molar-refractivity contribution in [3.8, 4) is 0 Å². The normalized spacial score (nSPS) is 9.78. The van der Waals surface area contributed by atoms with Crippen molar-refractivity contribution in [1.82, 2.24) is 0 Å².